The van der Waals surface area contributed by atoms with E-state index in [1.165, 1.54) is 44.8 Å². The van der Waals surface area contributed by atoms with E-state index >= 15 is 0 Å². The van der Waals surface area contributed by atoms with E-state index in [1.54, 1.807) is 12.1 Å². The largest absolute Gasteiger partial charge is 0.497 e. The first-order valence-electron chi connectivity index (χ1n) is 11.0. The van der Waals surface area contributed by atoms with Crippen molar-refractivity contribution >= 4 is 21.6 Å². The van der Waals surface area contributed by atoms with Gasteiger partial charge in [0.25, 0.3) is 0 Å². The van der Waals surface area contributed by atoms with Gasteiger partial charge in [0.15, 0.2) is 0 Å². The van der Waals surface area contributed by atoms with Crippen molar-refractivity contribution in [2.75, 3.05) is 38.7 Å². The van der Waals surface area contributed by atoms with Gasteiger partial charge in [-0.2, -0.15) is 4.31 Å². The lowest BCUT2D eigenvalue weighted by atomic mass is 9.99. The van der Waals surface area contributed by atoms with Gasteiger partial charge in [0.05, 0.1) is 24.6 Å². The zero-order valence-corrected chi connectivity index (χ0v) is 20.1. The summed E-state index contributed by atoms with van der Waals surface area (Å²) in [6.07, 6.45) is 2.49. The second-order valence-electron chi connectivity index (χ2n) is 8.51. The monoisotopic (exact) mass is 459 g/mol. The van der Waals surface area contributed by atoms with Gasteiger partial charge in [0, 0.05) is 25.8 Å². The van der Waals surface area contributed by atoms with E-state index in [-0.39, 0.29) is 23.4 Å². The molecule has 0 aromatic heterocycles. The van der Waals surface area contributed by atoms with Gasteiger partial charge in [-0.25, -0.2) is 8.42 Å². The Morgan fingerprint density at radius 2 is 1.84 bits per heavy atom. The van der Waals surface area contributed by atoms with Gasteiger partial charge < -0.3 is 15.0 Å². The van der Waals surface area contributed by atoms with E-state index in [0.717, 1.165) is 23.0 Å². The Hall–Kier alpha value is -2.58. The van der Waals surface area contributed by atoms with Crippen molar-refractivity contribution in [1.82, 2.24) is 9.62 Å². The third-order valence-corrected chi connectivity index (χ3v) is 7.74. The van der Waals surface area contributed by atoms with Gasteiger partial charge in [-0.1, -0.05) is 19.1 Å². The predicted octanol–water partition coefficient (Wildman–Crippen LogP) is 3.43. The summed E-state index contributed by atoms with van der Waals surface area (Å²) >= 11 is 0. The number of carbonyl (C=O) groups excluding carboxylic acids is 1. The summed E-state index contributed by atoms with van der Waals surface area (Å²) in [7, 11) is -0.853. The molecular formula is C24H33N3O4S. The molecule has 1 fully saturated rings. The van der Waals surface area contributed by atoms with Crippen molar-refractivity contribution in [3.63, 3.8) is 0 Å². The van der Waals surface area contributed by atoms with Crippen molar-refractivity contribution in [3.05, 3.63) is 54.1 Å². The van der Waals surface area contributed by atoms with E-state index in [2.05, 4.69) is 29.3 Å². The fourth-order valence-electron chi connectivity index (χ4n) is 3.98. The number of methoxy groups -OCH3 is 1. The Morgan fingerprint density at radius 1 is 1.19 bits per heavy atom. The van der Waals surface area contributed by atoms with Crippen LogP contribution in [0.4, 0.5) is 5.69 Å². The summed E-state index contributed by atoms with van der Waals surface area (Å²) in [4.78, 5) is 15.0. The summed E-state index contributed by atoms with van der Waals surface area (Å²) in [6, 6.07) is 14.1. The molecule has 1 aliphatic heterocycles. The molecule has 0 aliphatic carbocycles. The SMILES string of the molecule is COc1ccc(S(=O)(=O)N(C)CC(=O)N[C@@H](C)c2ccc(N3CCC[C@@H](C)C3)cc2)cc1. The maximum atomic E-state index is 12.7. The molecule has 0 spiro atoms. The average Bonchev–Trinajstić information content (AvgIpc) is 2.79. The Morgan fingerprint density at radius 3 is 2.44 bits per heavy atom. The standard InChI is InChI=1S/C24H33N3O4S/c1-18-6-5-15-27(16-18)21-9-7-20(8-10-21)19(2)25-24(28)17-26(3)32(29,30)23-13-11-22(31-4)12-14-23/h7-14,18-19H,5-6,15-17H2,1-4H3,(H,25,28)/t18-,19+/m1/s1. The van der Waals surface area contributed by atoms with Crippen molar-refractivity contribution in [2.45, 2.75) is 37.6 Å². The zero-order chi connectivity index (χ0) is 23.3. The van der Waals surface area contributed by atoms with Crippen LogP contribution in [0, 0.1) is 5.92 Å². The minimum absolute atomic E-state index is 0.115. The number of ether oxygens (including phenoxy) is 1. The van der Waals surface area contributed by atoms with E-state index < -0.39 is 10.0 Å². The third kappa shape index (κ3) is 5.81. The van der Waals surface area contributed by atoms with Crippen molar-refractivity contribution in [2.24, 2.45) is 5.92 Å². The number of piperidine rings is 1. The number of likely N-dealkylation sites (N-methyl/N-ethyl adjacent to an activating group) is 1. The summed E-state index contributed by atoms with van der Waals surface area (Å²) in [5, 5.41) is 2.90. The van der Waals surface area contributed by atoms with Crippen LogP contribution in [0.1, 0.15) is 38.3 Å². The predicted molar refractivity (Wildman–Crippen MR) is 126 cm³/mol. The first kappa shape index (κ1) is 24.1. The van der Waals surface area contributed by atoms with Gasteiger partial charge in [-0.3, -0.25) is 4.79 Å². The topological polar surface area (TPSA) is 79.0 Å². The lowest BCUT2D eigenvalue weighted by molar-refractivity contribution is -0.121. The van der Waals surface area contributed by atoms with Crippen LogP contribution in [0.3, 0.4) is 0 Å². The highest BCUT2D eigenvalue weighted by molar-refractivity contribution is 7.89. The highest BCUT2D eigenvalue weighted by Gasteiger charge is 2.24. The minimum Gasteiger partial charge on any atom is -0.497 e. The molecule has 2 aromatic rings. The second kappa shape index (κ2) is 10.4. The number of rotatable bonds is 8. The molecule has 8 heteroatoms. The van der Waals surface area contributed by atoms with Crippen LogP contribution in [0.5, 0.6) is 5.75 Å². The summed E-state index contributed by atoms with van der Waals surface area (Å²) in [5.74, 6) is 0.915. The van der Waals surface area contributed by atoms with Gasteiger partial charge in [-0.15, -0.1) is 0 Å². The number of nitrogens with zero attached hydrogens (tertiary/aromatic N) is 2. The molecule has 0 saturated carbocycles. The van der Waals surface area contributed by atoms with E-state index in [9.17, 15) is 13.2 Å². The quantitative estimate of drug-likeness (QED) is 0.654. The third-order valence-electron chi connectivity index (χ3n) is 5.93. The number of benzene rings is 2. The maximum absolute atomic E-state index is 12.7. The van der Waals surface area contributed by atoms with Gasteiger partial charge >= 0.3 is 0 Å². The summed E-state index contributed by atoms with van der Waals surface area (Å²) in [6.45, 7) is 6.06. The average molecular weight is 460 g/mol. The smallest absolute Gasteiger partial charge is 0.243 e. The van der Waals surface area contributed by atoms with Gasteiger partial charge in [0.2, 0.25) is 15.9 Å². The molecule has 1 amide bonds. The normalized spacial score (nSPS) is 17.8. The van der Waals surface area contributed by atoms with Gasteiger partial charge in [0.1, 0.15) is 5.75 Å². The molecule has 7 nitrogen and oxygen atoms in total. The molecule has 1 heterocycles. The van der Waals surface area contributed by atoms with Gasteiger partial charge in [-0.05, 0) is 67.6 Å². The molecular weight excluding hydrogens is 426 g/mol. The molecule has 1 saturated heterocycles. The number of hydrogen-bond donors (Lipinski definition) is 1. The molecule has 1 N–H and O–H groups in total. The molecule has 0 bridgehead atoms. The van der Waals surface area contributed by atoms with Crippen LogP contribution in [-0.2, 0) is 14.8 Å². The maximum Gasteiger partial charge on any atom is 0.243 e. The number of nitrogens with one attached hydrogen (secondary N) is 1. The second-order valence-corrected chi connectivity index (χ2v) is 10.6. The minimum atomic E-state index is -3.77. The number of sulfonamides is 1. The van der Waals surface area contributed by atoms with E-state index in [1.807, 2.05) is 19.1 Å². The van der Waals surface area contributed by atoms with Crippen LogP contribution >= 0.6 is 0 Å². The Balaban J connectivity index is 1.57. The lowest BCUT2D eigenvalue weighted by Crippen LogP contribution is -2.39. The molecule has 2 aromatic carbocycles. The number of carbonyl (C=O) groups is 1. The number of anilines is 1. The van der Waals surface area contributed by atoms with Crippen LogP contribution in [0.25, 0.3) is 0 Å². The van der Waals surface area contributed by atoms with Crippen LogP contribution in [-0.4, -0.2) is 52.4 Å². The first-order chi connectivity index (χ1) is 15.2. The number of hydrogen-bond acceptors (Lipinski definition) is 5. The fraction of sp³-hybridized carbons (Fsp3) is 0.458. The molecule has 174 valence electrons. The Labute approximate surface area is 191 Å². The lowest BCUT2D eigenvalue weighted by Gasteiger charge is -2.33. The van der Waals surface area contributed by atoms with Crippen molar-refractivity contribution in [3.8, 4) is 5.75 Å². The first-order valence-corrected chi connectivity index (χ1v) is 12.4. The summed E-state index contributed by atoms with van der Waals surface area (Å²) in [5.41, 5.74) is 2.18. The summed E-state index contributed by atoms with van der Waals surface area (Å²) < 4.78 is 31.6. The molecule has 0 unspecified atom stereocenters. The van der Waals surface area contributed by atoms with Crippen molar-refractivity contribution < 1.29 is 17.9 Å². The number of amides is 1. The van der Waals surface area contributed by atoms with Crippen LogP contribution < -0.4 is 15.0 Å². The zero-order valence-electron chi connectivity index (χ0n) is 19.2. The highest BCUT2D eigenvalue weighted by atomic mass is 32.2. The van der Waals surface area contributed by atoms with E-state index in [4.69, 9.17) is 4.74 Å². The van der Waals surface area contributed by atoms with Crippen LogP contribution in [0.2, 0.25) is 0 Å². The molecule has 32 heavy (non-hydrogen) atoms. The Bertz CT molecular complexity index is 1010. The van der Waals surface area contributed by atoms with Crippen molar-refractivity contribution in [1.29, 1.82) is 0 Å². The Kier molecular flexibility index (Phi) is 7.79. The molecule has 2 atom stereocenters. The molecule has 1 aliphatic rings. The molecule has 3 rings (SSSR count). The van der Waals surface area contributed by atoms with Crippen LogP contribution in [0.15, 0.2) is 53.4 Å². The highest BCUT2D eigenvalue weighted by Crippen LogP contribution is 2.25. The molecule has 0 radical (unpaired) electrons. The van der Waals surface area contributed by atoms with E-state index in [0.29, 0.717) is 11.7 Å². The fourth-order valence-corrected chi connectivity index (χ4v) is 5.11.